The van der Waals surface area contributed by atoms with E-state index in [-0.39, 0.29) is 0 Å². The molecule has 0 atom stereocenters. The number of aromatic nitrogens is 3. The summed E-state index contributed by atoms with van der Waals surface area (Å²) in [6.45, 7) is 8.47. The predicted octanol–water partition coefficient (Wildman–Crippen LogP) is 2.95. The van der Waals surface area contributed by atoms with Gasteiger partial charge in [-0.2, -0.15) is 0 Å². The second-order valence-electron chi connectivity index (χ2n) is 4.25. The van der Waals surface area contributed by atoms with E-state index in [0.29, 0.717) is 5.92 Å². The number of aryl methyl sites for hydroxylation is 2. The molecule has 0 aromatic carbocycles. The maximum absolute atomic E-state index is 4.59. The molecule has 0 saturated carbocycles. The first-order chi connectivity index (χ1) is 7.11. The van der Waals surface area contributed by atoms with Crippen LogP contribution in [0.15, 0.2) is 6.07 Å². The Bertz CT molecular complexity index is 483. The third kappa shape index (κ3) is 1.74. The van der Waals surface area contributed by atoms with E-state index < -0.39 is 0 Å². The van der Waals surface area contributed by atoms with Gasteiger partial charge in [0.05, 0.1) is 16.7 Å². The zero-order chi connectivity index (χ0) is 11.0. The summed E-state index contributed by atoms with van der Waals surface area (Å²) in [5.74, 6) is 1.36. The molecule has 2 aromatic heterocycles. The van der Waals surface area contributed by atoms with Crippen LogP contribution in [0, 0.1) is 6.92 Å². The fraction of sp³-hybridized carbons (Fsp3) is 0.500. The van der Waals surface area contributed by atoms with Crippen LogP contribution >= 0.6 is 0 Å². The third-order valence-electron chi connectivity index (χ3n) is 2.55. The van der Waals surface area contributed by atoms with Gasteiger partial charge in [0.25, 0.3) is 0 Å². The minimum absolute atomic E-state index is 0.429. The normalized spacial score (nSPS) is 11.5. The van der Waals surface area contributed by atoms with E-state index in [1.807, 2.05) is 0 Å². The molecule has 0 unspecified atom stereocenters. The average molecular weight is 203 g/mol. The van der Waals surface area contributed by atoms with E-state index in [0.717, 1.165) is 34.7 Å². The topological polar surface area (TPSA) is 41.6 Å². The van der Waals surface area contributed by atoms with E-state index in [1.165, 1.54) is 0 Å². The molecule has 0 aliphatic heterocycles. The van der Waals surface area contributed by atoms with E-state index in [4.69, 9.17) is 0 Å². The second kappa shape index (κ2) is 3.65. The fourth-order valence-corrected chi connectivity index (χ4v) is 1.79. The summed E-state index contributed by atoms with van der Waals surface area (Å²) in [5.41, 5.74) is 4.42. The Hall–Kier alpha value is -1.38. The largest absolute Gasteiger partial charge is 0.356 e. The molecule has 0 radical (unpaired) electrons. The van der Waals surface area contributed by atoms with Crippen molar-refractivity contribution >= 4 is 11.0 Å². The summed E-state index contributed by atoms with van der Waals surface area (Å²) < 4.78 is 0. The molecule has 80 valence electrons. The Morgan fingerprint density at radius 1 is 1.33 bits per heavy atom. The van der Waals surface area contributed by atoms with Crippen molar-refractivity contribution in [1.82, 2.24) is 15.0 Å². The Labute approximate surface area is 90.0 Å². The van der Waals surface area contributed by atoms with Gasteiger partial charge < -0.3 is 4.98 Å². The number of nitrogens with zero attached hydrogens (tertiary/aromatic N) is 2. The lowest BCUT2D eigenvalue weighted by Gasteiger charge is -2.07. The van der Waals surface area contributed by atoms with Crippen LogP contribution in [0.4, 0.5) is 0 Å². The first-order valence-electron chi connectivity index (χ1n) is 5.48. The molecular weight excluding hydrogens is 186 g/mol. The molecule has 1 N–H and O–H groups in total. The molecule has 15 heavy (non-hydrogen) atoms. The Morgan fingerprint density at radius 2 is 2.07 bits per heavy atom. The van der Waals surface area contributed by atoms with Crippen molar-refractivity contribution in [1.29, 1.82) is 0 Å². The van der Waals surface area contributed by atoms with Crippen LogP contribution in [0.1, 0.15) is 43.9 Å². The SMILES string of the molecule is CCc1nc(C(C)C)c2[nH]c(C)cc2n1. The molecule has 0 aliphatic carbocycles. The minimum Gasteiger partial charge on any atom is -0.356 e. The summed E-state index contributed by atoms with van der Waals surface area (Å²) >= 11 is 0. The predicted molar refractivity (Wildman–Crippen MR) is 62.1 cm³/mol. The van der Waals surface area contributed by atoms with Gasteiger partial charge in [0, 0.05) is 12.1 Å². The number of hydrogen-bond donors (Lipinski definition) is 1. The Kier molecular flexibility index (Phi) is 2.47. The molecule has 0 amide bonds. The number of hydrogen-bond acceptors (Lipinski definition) is 2. The van der Waals surface area contributed by atoms with Crippen molar-refractivity contribution in [3.8, 4) is 0 Å². The van der Waals surface area contributed by atoms with Gasteiger partial charge in [0.15, 0.2) is 0 Å². The van der Waals surface area contributed by atoms with Crippen molar-refractivity contribution < 1.29 is 0 Å². The molecule has 0 aliphatic rings. The molecule has 2 aromatic rings. The molecule has 0 spiro atoms. The van der Waals surface area contributed by atoms with Crippen LogP contribution in [-0.4, -0.2) is 15.0 Å². The molecule has 2 rings (SSSR count). The summed E-state index contributed by atoms with van der Waals surface area (Å²) in [4.78, 5) is 12.4. The summed E-state index contributed by atoms with van der Waals surface area (Å²) in [6, 6.07) is 2.09. The Morgan fingerprint density at radius 3 is 2.67 bits per heavy atom. The van der Waals surface area contributed by atoms with E-state index >= 15 is 0 Å². The lowest BCUT2D eigenvalue weighted by Crippen LogP contribution is -2.01. The van der Waals surface area contributed by atoms with Crippen LogP contribution in [0.3, 0.4) is 0 Å². The summed E-state index contributed by atoms with van der Waals surface area (Å²) in [5, 5.41) is 0. The zero-order valence-electron chi connectivity index (χ0n) is 9.76. The molecular formula is C12H17N3. The van der Waals surface area contributed by atoms with Crippen LogP contribution in [0.2, 0.25) is 0 Å². The highest BCUT2D eigenvalue weighted by Crippen LogP contribution is 2.22. The van der Waals surface area contributed by atoms with Gasteiger partial charge in [-0.05, 0) is 18.9 Å². The molecule has 0 fully saturated rings. The van der Waals surface area contributed by atoms with Gasteiger partial charge in [0.1, 0.15) is 5.82 Å². The highest BCUT2D eigenvalue weighted by molar-refractivity contribution is 5.78. The standard InChI is InChI=1S/C12H17N3/c1-5-10-14-9-6-8(4)13-12(9)11(15-10)7(2)3/h6-7,13H,5H2,1-4H3. The second-order valence-corrected chi connectivity index (χ2v) is 4.25. The van der Waals surface area contributed by atoms with Gasteiger partial charge in [0.2, 0.25) is 0 Å². The van der Waals surface area contributed by atoms with E-state index in [2.05, 4.69) is 48.7 Å². The van der Waals surface area contributed by atoms with E-state index in [9.17, 15) is 0 Å². The number of fused-ring (bicyclic) bond motifs is 1. The van der Waals surface area contributed by atoms with Crippen molar-refractivity contribution in [2.45, 2.75) is 40.0 Å². The first-order valence-corrected chi connectivity index (χ1v) is 5.48. The monoisotopic (exact) mass is 203 g/mol. The van der Waals surface area contributed by atoms with Crippen molar-refractivity contribution in [2.24, 2.45) is 0 Å². The zero-order valence-corrected chi connectivity index (χ0v) is 9.76. The van der Waals surface area contributed by atoms with Crippen LogP contribution < -0.4 is 0 Å². The highest BCUT2D eigenvalue weighted by atomic mass is 14.9. The van der Waals surface area contributed by atoms with Gasteiger partial charge in [-0.1, -0.05) is 20.8 Å². The van der Waals surface area contributed by atoms with Gasteiger partial charge in [-0.3, -0.25) is 0 Å². The lowest BCUT2D eigenvalue weighted by atomic mass is 10.1. The summed E-state index contributed by atoms with van der Waals surface area (Å²) in [7, 11) is 0. The van der Waals surface area contributed by atoms with Crippen molar-refractivity contribution in [3.63, 3.8) is 0 Å². The molecule has 3 nitrogen and oxygen atoms in total. The van der Waals surface area contributed by atoms with Crippen LogP contribution in [-0.2, 0) is 6.42 Å². The average Bonchev–Trinajstić information content (AvgIpc) is 2.55. The fourth-order valence-electron chi connectivity index (χ4n) is 1.79. The van der Waals surface area contributed by atoms with Crippen molar-refractivity contribution in [2.75, 3.05) is 0 Å². The summed E-state index contributed by atoms with van der Waals surface area (Å²) in [6.07, 6.45) is 0.889. The minimum atomic E-state index is 0.429. The maximum atomic E-state index is 4.59. The lowest BCUT2D eigenvalue weighted by molar-refractivity contribution is 0.801. The van der Waals surface area contributed by atoms with E-state index in [1.54, 1.807) is 0 Å². The third-order valence-corrected chi connectivity index (χ3v) is 2.55. The van der Waals surface area contributed by atoms with Gasteiger partial charge in [-0.25, -0.2) is 9.97 Å². The van der Waals surface area contributed by atoms with Gasteiger partial charge in [-0.15, -0.1) is 0 Å². The van der Waals surface area contributed by atoms with Crippen LogP contribution in [0.5, 0.6) is 0 Å². The number of H-pyrrole nitrogens is 1. The maximum Gasteiger partial charge on any atom is 0.129 e. The van der Waals surface area contributed by atoms with Crippen LogP contribution in [0.25, 0.3) is 11.0 Å². The number of aromatic amines is 1. The van der Waals surface area contributed by atoms with Gasteiger partial charge >= 0.3 is 0 Å². The van der Waals surface area contributed by atoms with Crippen molar-refractivity contribution in [3.05, 3.63) is 23.3 Å². The highest BCUT2D eigenvalue weighted by Gasteiger charge is 2.11. The Balaban J connectivity index is 2.73. The number of nitrogens with one attached hydrogen (secondary N) is 1. The first kappa shape index (κ1) is 10.1. The number of rotatable bonds is 2. The molecule has 0 saturated heterocycles. The smallest absolute Gasteiger partial charge is 0.129 e. The molecule has 2 heterocycles. The molecule has 0 bridgehead atoms. The molecule has 3 heteroatoms. The quantitative estimate of drug-likeness (QED) is 0.815.